The third kappa shape index (κ3) is 6.48. The minimum atomic E-state index is -0.615. The minimum absolute atomic E-state index is 0. The molecule has 1 aliphatic rings. The van der Waals surface area contributed by atoms with Gasteiger partial charge in [-0.3, -0.25) is 4.79 Å². The van der Waals surface area contributed by atoms with Crippen LogP contribution in [0.4, 0.5) is 10.1 Å². The van der Waals surface area contributed by atoms with E-state index in [9.17, 15) is 9.18 Å². The molecule has 2 unspecified atom stereocenters. The lowest BCUT2D eigenvalue weighted by Gasteiger charge is -2.28. The first-order valence-electron chi connectivity index (χ1n) is 11.1. The predicted octanol–water partition coefficient (Wildman–Crippen LogP) is 6.07. The van der Waals surface area contributed by atoms with Gasteiger partial charge in [0.25, 0.3) is 5.91 Å². The van der Waals surface area contributed by atoms with Gasteiger partial charge in [0, 0.05) is 35.6 Å². The Morgan fingerprint density at radius 3 is 2.56 bits per heavy atom. The number of rotatable bonds is 7. The summed E-state index contributed by atoms with van der Waals surface area (Å²) in [5.41, 5.74) is 2.19. The monoisotopic (exact) mass is 463 g/mol. The second kappa shape index (κ2) is 12.0. The Kier molecular flexibility index (Phi) is 9.44. The molecule has 1 saturated carbocycles. The Labute approximate surface area is 202 Å². The van der Waals surface area contributed by atoms with E-state index in [4.69, 9.17) is 10.00 Å². The maximum absolute atomic E-state index is 14.4. The lowest BCUT2D eigenvalue weighted by atomic mass is 9.87. The highest BCUT2D eigenvalue weighted by molar-refractivity contribution is 5.98. The van der Waals surface area contributed by atoms with E-state index in [-0.39, 0.29) is 30.5 Å². The summed E-state index contributed by atoms with van der Waals surface area (Å²) in [6.45, 7) is 6.19. The van der Waals surface area contributed by atoms with Gasteiger partial charge in [-0.2, -0.15) is 5.26 Å². The fourth-order valence-electron chi connectivity index (χ4n) is 4.16. The van der Waals surface area contributed by atoms with Crippen LogP contribution in [0.5, 0.6) is 5.75 Å². The second-order valence-electron chi connectivity index (χ2n) is 8.56. The topological polar surface area (TPSA) is 65.4 Å². The normalized spacial score (nSPS) is 17.7. The Bertz CT molecular complexity index is 1090. The number of nitrogens with zero attached hydrogens (tertiary/aromatic N) is 2. The molecule has 180 valence electrons. The Balaban J connectivity index is 0.00000408. The number of methoxy groups -OCH3 is 1. The number of amides is 1. The number of halogens is 1. The summed E-state index contributed by atoms with van der Waals surface area (Å²) in [4.78, 5) is 14.7. The molecule has 2 atom stereocenters. The highest BCUT2D eigenvalue weighted by Gasteiger charge is 2.22. The van der Waals surface area contributed by atoms with Gasteiger partial charge in [0.2, 0.25) is 0 Å². The molecule has 0 saturated heterocycles. The summed E-state index contributed by atoms with van der Waals surface area (Å²) in [7, 11) is 3.43. The van der Waals surface area contributed by atoms with Crippen LogP contribution in [-0.2, 0) is 4.79 Å². The molecular formula is C28H34FN3O2. The summed E-state index contributed by atoms with van der Waals surface area (Å²) >= 11 is 0. The third-order valence-electron chi connectivity index (χ3n) is 6.08. The van der Waals surface area contributed by atoms with Crippen molar-refractivity contribution in [3.8, 4) is 11.8 Å². The number of benzene rings is 2. The largest absolute Gasteiger partial charge is 0.497 e. The van der Waals surface area contributed by atoms with Gasteiger partial charge in [-0.1, -0.05) is 39.8 Å². The van der Waals surface area contributed by atoms with Crippen molar-refractivity contribution in [3.05, 3.63) is 77.6 Å². The first-order valence-corrected chi connectivity index (χ1v) is 11.1. The Morgan fingerprint density at radius 2 is 1.97 bits per heavy atom. The summed E-state index contributed by atoms with van der Waals surface area (Å²) < 4.78 is 19.7. The van der Waals surface area contributed by atoms with Gasteiger partial charge in [-0.05, 0) is 61.2 Å². The zero-order valence-corrected chi connectivity index (χ0v) is 19.4. The highest BCUT2D eigenvalue weighted by Crippen LogP contribution is 2.29. The van der Waals surface area contributed by atoms with Gasteiger partial charge >= 0.3 is 0 Å². The van der Waals surface area contributed by atoms with E-state index in [1.54, 1.807) is 19.3 Å². The smallest absolute Gasteiger partial charge is 0.250 e. The maximum Gasteiger partial charge on any atom is 0.250 e. The van der Waals surface area contributed by atoms with Crippen LogP contribution in [0, 0.1) is 23.1 Å². The summed E-state index contributed by atoms with van der Waals surface area (Å²) in [5.74, 6) is 0.456. The number of ether oxygens (including phenoxy) is 1. The average molecular weight is 464 g/mol. The zero-order valence-electron chi connectivity index (χ0n) is 19.4. The molecule has 6 heteroatoms. The Morgan fingerprint density at radius 1 is 1.26 bits per heavy atom. The molecule has 0 bridgehead atoms. The number of carbonyl (C=O) groups is 1. The molecule has 2 aromatic carbocycles. The lowest BCUT2D eigenvalue weighted by molar-refractivity contribution is -0.118. The van der Waals surface area contributed by atoms with Crippen molar-refractivity contribution in [2.24, 2.45) is 5.92 Å². The van der Waals surface area contributed by atoms with Gasteiger partial charge in [0.1, 0.15) is 17.6 Å². The first-order chi connectivity index (χ1) is 15.8. The van der Waals surface area contributed by atoms with E-state index < -0.39 is 5.82 Å². The molecule has 0 radical (unpaired) electrons. The molecule has 1 amide bonds. The van der Waals surface area contributed by atoms with Gasteiger partial charge < -0.3 is 15.0 Å². The van der Waals surface area contributed by atoms with Gasteiger partial charge in [0.05, 0.1) is 12.7 Å². The third-order valence-corrected chi connectivity index (χ3v) is 6.08. The van der Waals surface area contributed by atoms with Gasteiger partial charge in [0.15, 0.2) is 0 Å². The standard InChI is InChI=1S/C27H30FN3O2.CH4/c1-18-6-5-7-22(14-18)30-27(32)19(2)15-26(20-8-9-21(17-29)25(28)16-20)31(3)23-10-12-24(33-4)13-11-23;/h8-13,15-16,18,22H,2,5-7,14H2,1,3-4H3,(H,30,32);1H4/b26-15-;. The molecule has 0 spiro atoms. The van der Waals surface area contributed by atoms with Crippen molar-refractivity contribution < 1.29 is 13.9 Å². The van der Waals surface area contributed by atoms with Crippen LogP contribution in [0.3, 0.4) is 0 Å². The van der Waals surface area contributed by atoms with Crippen LogP contribution < -0.4 is 15.0 Å². The Hall–Kier alpha value is -3.59. The van der Waals surface area contributed by atoms with Crippen molar-refractivity contribution in [2.45, 2.75) is 46.1 Å². The molecule has 0 aliphatic heterocycles. The van der Waals surface area contributed by atoms with E-state index in [2.05, 4.69) is 18.8 Å². The van der Waals surface area contributed by atoms with Gasteiger partial charge in [-0.25, -0.2) is 4.39 Å². The number of nitrogens with one attached hydrogen (secondary N) is 1. The first kappa shape index (κ1) is 26.7. The quantitative estimate of drug-likeness (QED) is 0.400. The molecule has 1 N–H and O–H groups in total. The van der Waals surface area contributed by atoms with E-state index in [1.165, 1.54) is 18.6 Å². The number of carbonyl (C=O) groups excluding carboxylic acids is 1. The van der Waals surface area contributed by atoms with E-state index in [1.807, 2.05) is 42.3 Å². The van der Waals surface area contributed by atoms with Crippen LogP contribution in [0.25, 0.3) is 5.70 Å². The molecule has 3 rings (SSSR count). The van der Waals surface area contributed by atoms with Crippen molar-refractivity contribution >= 4 is 17.3 Å². The molecule has 1 fully saturated rings. The van der Waals surface area contributed by atoms with Crippen LogP contribution in [0.2, 0.25) is 0 Å². The fourth-order valence-corrected chi connectivity index (χ4v) is 4.16. The second-order valence-corrected chi connectivity index (χ2v) is 8.56. The van der Waals surface area contributed by atoms with E-state index in [0.717, 1.165) is 24.9 Å². The molecule has 0 heterocycles. The molecule has 34 heavy (non-hydrogen) atoms. The van der Waals surface area contributed by atoms with Crippen molar-refractivity contribution in [1.29, 1.82) is 5.26 Å². The maximum atomic E-state index is 14.4. The number of anilines is 1. The summed E-state index contributed by atoms with van der Waals surface area (Å²) in [5, 5.41) is 12.2. The zero-order chi connectivity index (χ0) is 24.0. The molecular weight excluding hydrogens is 429 g/mol. The molecule has 2 aromatic rings. The van der Waals surface area contributed by atoms with Crippen LogP contribution in [0.15, 0.2) is 60.7 Å². The van der Waals surface area contributed by atoms with Crippen LogP contribution >= 0.6 is 0 Å². The van der Waals surface area contributed by atoms with Crippen LogP contribution in [0.1, 0.15) is 51.2 Å². The molecule has 1 aliphatic carbocycles. The van der Waals surface area contributed by atoms with E-state index in [0.29, 0.717) is 22.9 Å². The van der Waals surface area contributed by atoms with E-state index >= 15 is 0 Å². The summed E-state index contributed by atoms with van der Waals surface area (Å²) in [6.07, 6.45) is 5.88. The highest BCUT2D eigenvalue weighted by atomic mass is 19.1. The fraction of sp³-hybridized carbons (Fsp3) is 0.357. The number of hydrogen-bond donors (Lipinski definition) is 1. The SMILES string of the molecule is C.C=C(/C=C(/c1ccc(C#N)c(F)c1)N(C)c1ccc(OC)cc1)C(=O)NC1CCCC(C)C1. The summed E-state index contributed by atoms with van der Waals surface area (Å²) in [6, 6.07) is 13.8. The minimum Gasteiger partial charge on any atom is -0.497 e. The average Bonchev–Trinajstić information content (AvgIpc) is 2.82. The lowest BCUT2D eigenvalue weighted by Crippen LogP contribution is -2.38. The van der Waals surface area contributed by atoms with Crippen molar-refractivity contribution in [3.63, 3.8) is 0 Å². The number of nitriles is 1. The molecule has 0 aromatic heterocycles. The van der Waals surface area contributed by atoms with Crippen LogP contribution in [-0.4, -0.2) is 26.1 Å². The van der Waals surface area contributed by atoms with Crippen molar-refractivity contribution in [2.75, 3.05) is 19.1 Å². The van der Waals surface area contributed by atoms with Crippen molar-refractivity contribution in [1.82, 2.24) is 5.32 Å². The van der Waals surface area contributed by atoms with Gasteiger partial charge in [-0.15, -0.1) is 0 Å². The predicted molar refractivity (Wildman–Crippen MR) is 136 cm³/mol. The number of hydrogen-bond acceptors (Lipinski definition) is 4. The molecule has 5 nitrogen and oxygen atoms in total.